The van der Waals surface area contributed by atoms with Crippen LogP contribution in [0.5, 0.6) is 0 Å². The Hall–Kier alpha value is -2.04. The number of nitrogens with zero attached hydrogens (tertiary/aromatic N) is 1. The number of methoxy groups -OCH3 is 1. The fourth-order valence-electron chi connectivity index (χ4n) is 2.28. The number of hydrogen-bond donors (Lipinski definition) is 1. The summed E-state index contributed by atoms with van der Waals surface area (Å²) in [6.07, 6.45) is 4.19. The number of carbonyl (C=O) groups is 1. The summed E-state index contributed by atoms with van der Waals surface area (Å²) in [5.74, 6) is 0.928. The second kappa shape index (κ2) is 6.16. The van der Waals surface area contributed by atoms with Crippen LogP contribution in [0.3, 0.4) is 0 Å². The minimum absolute atomic E-state index is 0.171. The maximum absolute atomic E-state index is 11.7. The van der Waals surface area contributed by atoms with Gasteiger partial charge in [0, 0.05) is 18.7 Å². The smallest absolute Gasteiger partial charge is 0.407 e. The van der Waals surface area contributed by atoms with Crippen molar-refractivity contribution in [1.82, 2.24) is 10.3 Å². The van der Waals surface area contributed by atoms with E-state index >= 15 is 0 Å². The largest absolute Gasteiger partial charge is 0.495 e. The van der Waals surface area contributed by atoms with Gasteiger partial charge < -0.3 is 14.8 Å². The van der Waals surface area contributed by atoms with Crippen molar-refractivity contribution in [3.05, 3.63) is 35.7 Å². The van der Waals surface area contributed by atoms with Gasteiger partial charge in [-0.3, -0.25) is 4.98 Å². The minimum Gasteiger partial charge on any atom is -0.495 e. The molecular weight excluding hydrogens is 268 g/mol. The Morgan fingerprint density at radius 1 is 1.48 bits per heavy atom. The molecule has 1 heterocycles. The van der Waals surface area contributed by atoms with Crippen LogP contribution < -0.4 is 5.32 Å². The second-order valence-electron chi connectivity index (χ2n) is 6.09. The molecule has 0 fully saturated rings. The highest BCUT2D eigenvalue weighted by molar-refractivity contribution is 5.68. The molecule has 2 rings (SSSR count). The van der Waals surface area contributed by atoms with Crippen molar-refractivity contribution >= 4 is 11.9 Å². The molecule has 0 saturated carbocycles. The van der Waals surface area contributed by atoms with Crippen molar-refractivity contribution in [2.75, 3.05) is 13.7 Å². The van der Waals surface area contributed by atoms with Crippen molar-refractivity contribution in [3.8, 4) is 0 Å². The van der Waals surface area contributed by atoms with Crippen LogP contribution in [-0.2, 0) is 15.9 Å². The lowest BCUT2D eigenvalue weighted by atomic mass is 9.91. The molecule has 1 N–H and O–H groups in total. The van der Waals surface area contributed by atoms with Crippen LogP contribution in [-0.4, -0.2) is 30.3 Å². The second-order valence-corrected chi connectivity index (χ2v) is 6.09. The number of pyridine rings is 1. The number of ether oxygens (including phenoxy) is 2. The molecular formula is C16H22N2O3. The van der Waals surface area contributed by atoms with Crippen LogP contribution in [0.2, 0.25) is 0 Å². The molecule has 0 saturated heterocycles. The number of rotatable bonds is 3. The molecule has 1 atom stereocenters. The van der Waals surface area contributed by atoms with E-state index in [0.717, 1.165) is 23.4 Å². The van der Waals surface area contributed by atoms with Crippen molar-refractivity contribution < 1.29 is 14.3 Å². The van der Waals surface area contributed by atoms with E-state index in [9.17, 15) is 4.79 Å². The molecule has 1 unspecified atom stereocenters. The quantitative estimate of drug-likeness (QED) is 0.930. The summed E-state index contributed by atoms with van der Waals surface area (Å²) >= 11 is 0. The Balaban J connectivity index is 1.99. The standard InChI is InChI=1S/C16H22N2O3/c1-16(2,3)21-15(19)18-10-11-8-12-6-5-7-17-14(12)13(9-11)20-4/h5-7,9,11H,8,10H2,1-4H3,(H,18,19). The van der Waals surface area contributed by atoms with Gasteiger partial charge in [0.15, 0.2) is 0 Å². The summed E-state index contributed by atoms with van der Waals surface area (Å²) < 4.78 is 10.6. The van der Waals surface area contributed by atoms with Gasteiger partial charge in [-0.05, 0) is 44.9 Å². The van der Waals surface area contributed by atoms with Gasteiger partial charge in [-0.25, -0.2) is 4.79 Å². The van der Waals surface area contributed by atoms with Crippen LogP contribution in [0.4, 0.5) is 4.79 Å². The van der Waals surface area contributed by atoms with Crippen LogP contribution in [0.1, 0.15) is 32.0 Å². The topological polar surface area (TPSA) is 60.5 Å². The number of aromatic nitrogens is 1. The SMILES string of the molecule is COC1=CC(CNC(=O)OC(C)(C)C)Cc2cccnc21. The lowest BCUT2D eigenvalue weighted by molar-refractivity contribution is 0.0522. The highest BCUT2D eigenvalue weighted by Gasteiger charge is 2.22. The predicted octanol–water partition coefficient (Wildman–Crippen LogP) is 2.77. The first kappa shape index (κ1) is 15.4. The summed E-state index contributed by atoms with van der Waals surface area (Å²) in [6, 6.07) is 3.95. The predicted molar refractivity (Wildman–Crippen MR) is 80.7 cm³/mol. The molecule has 114 valence electrons. The molecule has 1 amide bonds. The zero-order valence-electron chi connectivity index (χ0n) is 13.0. The maximum atomic E-state index is 11.7. The van der Waals surface area contributed by atoms with Crippen molar-refractivity contribution in [2.24, 2.45) is 5.92 Å². The van der Waals surface area contributed by atoms with Gasteiger partial charge in [-0.2, -0.15) is 0 Å². The summed E-state index contributed by atoms with van der Waals surface area (Å²) in [5, 5.41) is 2.80. The number of hydrogen-bond acceptors (Lipinski definition) is 4. The van der Waals surface area contributed by atoms with E-state index in [1.54, 1.807) is 13.3 Å². The van der Waals surface area contributed by atoms with Crippen LogP contribution in [0.25, 0.3) is 5.76 Å². The molecule has 0 spiro atoms. The van der Waals surface area contributed by atoms with Gasteiger partial charge >= 0.3 is 6.09 Å². The Morgan fingerprint density at radius 2 is 2.24 bits per heavy atom. The fourth-order valence-corrected chi connectivity index (χ4v) is 2.28. The summed E-state index contributed by atoms with van der Waals surface area (Å²) in [6.45, 7) is 6.05. The van der Waals surface area contributed by atoms with E-state index in [0.29, 0.717) is 6.54 Å². The Bertz CT molecular complexity index is 547. The maximum Gasteiger partial charge on any atom is 0.407 e. The van der Waals surface area contributed by atoms with Gasteiger partial charge in [0.1, 0.15) is 17.1 Å². The lowest BCUT2D eigenvalue weighted by Gasteiger charge is -2.24. The third-order valence-corrected chi connectivity index (χ3v) is 3.12. The van der Waals surface area contributed by atoms with E-state index in [1.807, 2.05) is 39.0 Å². The van der Waals surface area contributed by atoms with Gasteiger partial charge in [-0.1, -0.05) is 6.07 Å². The molecule has 0 radical (unpaired) electrons. The van der Waals surface area contributed by atoms with Crippen molar-refractivity contribution in [1.29, 1.82) is 0 Å². The monoisotopic (exact) mass is 290 g/mol. The zero-order chi connectivity index (χ0) is 15.5. The number of carbonyl (C=O) groups excluding carboxylic acids is 1. The molecule has 21 heavy (non-hydrogen) atoms. The third-order valence-electron chi connectivity index (χ3n) is 3.12. The first-order chi connectivity index (χ1) is 9.89. The first-order valence-electron chi connectivity index (χ1n) is 7.06. The Morgan fingerprint density at radius 3 is 2.90 bits per heavy atom. The fraction of sp³-hybridized carbons (Fsp3) is 0.500. The molecule has 1 aromatic rings. The number of amides is 1. The van der Waals surface area contributed by atoms with Crippen molar-refractivity contribution in [3.63, 3.8) is 0 Å². The number of alkyl carbamates (subject to hydrolysis) is 1. The molecule has 0 aliphatic heterocycles. The molecule has 1 aliphatic rings. The highest BCUT2D eigenvalue weighted by Crippen LogP contribution is 2.27. The minimum atomic E-state index is -0.485. The average molecular weight is 290 g/mol. The van der Waals surface area contributed by atoms with Crippen molar-refractivity contribution in [2.45, 2.75) is 32.8 Å². The van der Waals surface area contributed by atoms with Crippen LogP contribution in [0.15, 0.2) is 24.4 Å². The van der Waals surface area contributed by atoms with E-state index in [2.05, 4.69) is 10.3 Å². The number of nitrogens with one attached hydrogen (secondary N) is 1. The third kappa shape index (κ3) is 4.21. The Kier molecular flexibility index (Phi) is 4.50. The first-order valence-corrected chi connectivity index (χ1v) is 7.06. The van der Waals surface area contributed by atoms with Crippen LogP contribution in [0, 0.1) is 5.92 Å². The van der Waals surface area contributed by atoms with Gasteiger partial charge in [0.05, 0.1) is 7.11 Å². The lowest BCUT2D eigenvalue weighted by Crippen LogP contribution is -2.36. The molecule has 1 aromatic heterocycles. The van der Waals surface area contributed by atoms with E-state index in [4.69, 9.17) is 9.47 Å². The average Bonchev–Trinajstić information content (AvgIpc) is 2.42. The van der Waals surface area contributed by atoms with E-state index in [-0.39, 0.29) is 5.92 Å². The highest BCUT2D eigenvalue weighted by atomic mass is 16.6. The normalized spacial score (nSPS) is 17.5. The summed E-state index contributed by atoms with van der Waals surface area (Å²) in [4.78, 5) is 16.0. The molecule has 1 aliphatic carbocycles. The summed E-state index contributed by atoms with van der Waals surface area (Å²) in [7, 11) is 1.63. The van der Waals surface area contributed by atoms with E-state index < -0.39 is 11.7 Å². The van der Waals surface area contributed by atoms with E-state index in [1.165, 1.54) is 0 Å². The Labute approximate surface area is 125 Å². The molecule has 0 bridgehead atoms. The molecule has 5 nitrogen and oxygen atoms in total. The molecule has 0 aromatic carbocycles. The van der Waals surface area contributed by atoms with Gasteiger partial charge in [0.2, 0.25) is 0 Å². The van der Waals surface area contributed by atoms with Crippen LogP contribution >= 0.6 is 0 Å². The summed E-state index contributed by atoms with van der Waals surface area (Å²) in [5.41, 5.74) is 1.53. The number of fused-ring (bicyclic) bond motifs is 1. The van der Waals surface area contributed by atoms with Gasteiger partial charge in [-0.15, -0.1) is 0 Å². The zero-order valence-corrected chi connectivity index (χ0v) is 13.0. The van der Waals surface area contributed by atoms with Gasteiger partial charge in [0.25, 0.3) is 0 Å². The molecule has 5 heteroatoms.